The maximum Gasteiger partial charge on any atom is 0.229 e. The zero-order chi connectivity index (χ0) is 18.6. The van der Waals surface area contributed by atoms with E-state index < -0.39 is 0 Å². The molecule has 1 amide bonds. The molecule has 0 saturated carbocycles. The molecule has 1 N–H and O–H groups in total. The topological polar surface area (TPSA) is 75.9 Å². The molecule has 1 saturated heterocycles. The summed E-state index contributed by atoms with van der Waals surface area (Å²) in [6, 6.07) is 9.50. The van der Waals surface area contributed by atoms with Crippen LogP contribution in [0.4, 0.5) is 15.9 Å². The maximum atomic E-state index is 13.0. The van der Waals surface area contributed by atoms with E-state index in [4.69, 9.17) is 0 Å². The van der Waals surface area contributed by atoms with Crippen LogP contribution >= 0.6 is 0 Å². The van der Waals surface area contributed by atoms with Gasteiger partial charge in [0.15, 0.2) is 5.82 Å². The van der Waals surface area contributed by atoms with Gasteiger partial charge in [-0.2, -0.15) is 5.10 Å². The van der Waals surface area contributed by atoms with Crippen molar-refractivity contribution in [2.75, 3.05) is 23.3 Å². The summed E-state index contributed by atoms with van der Waals surface area (Å²) in [7, 11) is 0. The molecule has 1 fully saturated rings. The highest BCUT2D eigenvalue weighted by Crippen LogP contribution is 2.23. The number of amides is 1. The smallest absolute Gasteiger partial charge is 0.229 e. The zero-order valence-corrected chi connectivity index (χ0v) is 14.6. The van der Waals surface area contributed by atoms with Gasteiger partial charge in [0, 0.05) is 37.2 Å². The van der Waals surface area contributed by atoms with E-state index in [2.05, 4.69) is 25.3 Å². The highest BCUT2D eigenvalue weighted by molar-refractivity contribution is 5.93. The first-order chi connectivity index (χ1) is 13.2. The van der Waals surface area contributed by atoms with Gasteiger partial charge < -0.3 is 10.2 Å². The molecular weight excluding hydrogens is 347 g/mol. The van der Waals surface area contributed by atoms with Crippen molar-refractivity contribution in [2.24, 2.45) is 5.92 Å². The summed E-state index contributed by atoms with van der Waals surface area (Å²) in [6.07, 6.45) is 6.72. The van der Waals surface area contributed by atoms with E-state index in [1.165, 1.54) is 18.5 Å². The van der Waals surface area contributed by atoms with Crippen molar-refractivity contribution in [3.05, 3.63) is 60.9 Å². The number of nitrogens with zero attached hydrogens (tertiary/aromatic N) is 5. The Morgan fingerprint density at radius 2 is 2.00 bits per heavy atom. The standard InChI is InChI=1S/C19H19FN6O/c20-15-4-6-16(7-5-15)24-19(27)14-3-1-9-25(12-14)17-11-18(22-13-21-17)26-10-2-8-23-26/h2,4-8,10-11,13-14H,1,3,9,12H2,(H,24,27). The van der Waals surface area contributed by atoms with Gasteiger partial charge in [0.05, 0.1) is 5.92 Å². The third-order valence-corrected chi connectivity index (χ3v) is 4.61. The Morgan fingerprint density at radius 1 is 1.19 bits per heavy atom. The summed E-state index contributed by atoms with van der Waals surface area (Å²) < 4.78 is 14.7. The molecule has 1 unspecified atom stereocenters. The lowest BCUT2D eigenvalue weighted by molar-refractivity contribution is -0.120. The van der Waals surface area contributed by atoms with E-state index in [1.807, 2.05) is 18.3 Å². The van der Waals surface area contributed by atoms with Gasteiger partial charge in [-0.1, -0.05) is 0 Å². The number of carbonyl (C=O) groups excluding carboxylic acids is 1. The van der Waals surface area contributed by atoms with Crippen LogP contribution < -0.4 is 10.2 Å². The average molecular weight is 366 g/mol. The van der Waals surface area contributed by atoms with E-state index in [0.717, 1.165) is 25.2 Å². The lowest BCUT2D eigenvalue weighted by Crippen LogP contribution is -2.41. The minimum Gasteiger partial charge on any atom is -0.356 e. The zero-order valence-electron chi connectivity index (χ0n) is 14.6. The van der Waals surface area contributed by atoms with Gasteiger partial charge in [-0.05, 0) is 43.2 Å². The maximum absolute atomic E-state index is 13.0. The van der Waals surface area contributed by atoms with Crippen LogP contribution in [-0.2, 0) is 4.79 Å². The van der Waals surface area contributed by atoms with Crippen molar-refractivity contribution >= 4 is 17.4 Å². The quantitative estimate of drug-likeness (QED) is 0.768. The second-order valence-electron chi connectivity index (χ2n) is 6.47. The molecule has 4 rings (SSSR count). The largest absolute Gasteiger partial charge is 0.356 e. The number of piperidine rings is 1. The molecule has 7 nitrogen and oxygen atoms in total. The highest BCUT2D eigenvalue weighted by Gasteiger charge is 2.27. The number of hydrogen-bond acceptors (Lipinski definition) is 5. The molecule has 1 aliphatic rings. The average Bonchev–Trinajstić information content (AvgIpc) is 3.25. The number of anilines is 2. The van der Waals surface area contributed by atoms with Crippen LogP contribution in [-0.4, -0.2) is 38.7 Å². The normalized spacial score (nSPS) is 16.9. The van der Waals surface area contributed by atoms with E-state index in [1.54, 1.807) is 23.0 Å². The molecule has 138 valence electrons. The van der Waals surface area contributed by atoms with Gasteiger partial charge in [-0.3, -0.25) is 4.79 Å². The van der Waals surface area contributed by atoms with Crippen molar-refractivity contribution in [1.29, 1.82) is 0 Å². The third-order valence-electron chi connectivity index (χ3n) is 4.61. The molecule has 3 aromatic rings. The van der Waals surface area contributed by atoms with Crippen LogP contribution in [0.1, 0.15) is 12.8 Å². The summed E-state index contributed by atoms with van der Waals surface area (Å²) in [5.41, 5.74) is 0.599. The lowest BCUT2D eigenvalue weighted by atomic mass is 9.97. The summed E-state index contributed by atoms with van der Waals surface area (Å²) in [4.78, 5) is 23.3. The number of hydrogen-bond donors (Lipinski definition) is 1. The lowest BCUT2D eigenvalue weighted by Gasteiger charge is -2.32. The van der Waals surface area contributed by atoms with Crippen LogP contribution in [0.25, 0.3) is 5.82 Å². The Bertz CT molecular complexity index is 912. The fourth-order valence-corrected chi connectivity index (χ4v) is 3.22. The van der Waals surface area contributed by atoms with Crippen LogP contribution in [0.5, 0.6) is 0 Å². The van der Waals surface area contributed by atoms with Gasteiger partial charge in [0.25, 0.3) is 0 Å². The van der Waals surface area contributed by atoms with Gasteiger partial charge >= 0.3 is 0 Å². The van der Waals surface area contributed by atoms with Crippen molar-refractivity contribution in [3.8, 4) is 5.82 Å². The number of aromatic nitrogens is 4. The summed E-state index contributed by atoms with van der Waals surface area (Å²) in [5.74, 6) is 0.908. The first-order valence-electron chi connectivity index (χ1n) is 8.82. The number of carbonyl (C=O) groups is 1. The molecular formula is C19H19FN6O. The Kier molecular flexibility index (Phi) is 4.78. The van der Waals surface area contributed by atoms with Crippen molar-refractivity contribution in [2.45, 2.75) is 12.8 Å². The molecule has 8 heteroatoms. The fourth-order valence-electron chi connectivity index (χ4n) is 3.22. The Balaban J connectivity index is 1.45. The van der Waals surface area contributed by atoms with Gasteiger partial charge in [-0.25, -0.2) is 19.0 Å². The SMILES string of the molecule is O=C(Nc1ccc(F)cc1)C1CCCN(c2cc(-n3cccn3)ncn2)C1. The molecule has 1 aromatic carbocycles. The molecule has 0 aliphatic carbocycles. The molecule has 27 heavy (non-hydrogen) atoms. The monoisotopic (exact) mass is 366 g/mol. The summed E-state index contributed by atoms with van der Waals surface area (Å²) >= 11 is 0. The van der Waals surface area contributed by atoms with Crippen molar-refractivity contribution in [1.82, 2.24) is 19.7 Å². The van der Waals surface area contributed by atoms with Crippen LogP contribution in [0, 0.1) is 11.7 Å². The molecule has 1 atom stereocenters. The molecule has 0 spiro atoms. The number of nitrogens with one attached hydrogen (secondary N) is 1. The minimum atomic E-state index is -0.325. The van der Waals surface area contributed by atoms with Gasteiger partial charge in [0.1, 0.15) is 18.0 Å². The van der Waals surface area contributed by atoms with Crippen molar-refractivity contribution in [3.63, 3.8) is 0 Å². The van der Waals surface area contributed by atoms with E-state index in [-0.39, 0.29) is 17.6 Å². The highest BCUT2D eigenvalue weighted by atomic mass is 19.1. The number of rotatable bonds is 4. The summed E-state index contributed by atoms with van der Waals surface area (Å²) in [6.45, 7) is 1.40. The first-order valence-corrected chi connectivity index (χ1v) is 8.82. The summed E-state index contributed by atoms with van der Waals surface area (Å²) in [5, 5.41) is 7.05. The van der Waals surface area contributed by atoms with Crippen molar-refractivity contribution < 1.29 is 9.18 Å². The second-order valence-corrected chi connectivity index (χ2v) is 6.47. The van der Waals surface area contributed by atoms with Crippen LogP contribution in [0.3, 0.4) is 0 Å². The molecule has 2 aromatic heterocycles. The third kappa shape index (κ3) is 3.94. The molecule has 1 aliphatic heterocycles. The fraction of sp³-hybridized carbons (Fsp3) is 0.263. The predicted octanol–water partition coefficient (Wildman–Crippen LogP) is 2.66. The van der Waals surface area contributed by atoms with Crippen LogP contribution in [0.15, 0.2) is 55.1 Å². The molecule has 0 radical (unpaired) electrons. The Hall–Kier alpha value is -3.29. The minimum absolute atomic E-state index is 0.0623. The van der Waals surface area contributed by atoms with Gasteiger partial charge in [0.2, 0.25) is 5.91 Å². The molecule has 3 heterocycles. The number of benzene rings is 1. The predicted molar refractivity (Wildman–Crippen MR) is 99.1 cm³/mol. The van der Waals surface area contributed by atoms with E-state index >= 15 is 0 Å². The van der Waals surface area contributed by atoms with E-state index in [0.29, 0.717) is 18.1 Å². The first kappa shape index (κ1) is 17.1. The molecule has 0 bridgehead atoms. The number of halogens is 1. The van der Waals surface area contributed by atoms with Crippen LogP contribution in [0.2, 0.25) is 0 Å². The van der Waals surface area contributed by atoms with E-state index in [9.17, 15) is 9.18 Å². The Morgan fingerprint density at radius 3 is 2.78 bits per heavy atom. The second kappa shape index (κ2) is 7.53. The Labute approximate surface area is 155 Å². The van der Waals surface area contributed by atoms with Gasteiger partial charge in [-0.15, -0.1) is 0 Å².